The average Bonchev–Trinajstić information content (AvgIpc) is 3.26. The van der Waals surface area contributed by atoms with E-state index in [2.05, 4.69) is 15.8 Å². The molecule has 0 saturated heterocycles. The number of carbonyl (C=O) groups excluding carboxylic acids is 1. The van der Waals surface area contributed by atoms with Gasteiger partial charge in [-0.1, -0.05) is 12.1 Å². The lowest BCUT2D eigenvalue weighted by molar-refractivity contribution is -0.137. The second-order valence-corrected chi connectivity index (χ2v) is 7.70. The Morgan fingerprint density at radius 2 is 1.79 bits per heavy atom. The van der Waals surface area contributed by atoms with E-state index < -0.39 is 11.7 Å². The molecular weight excluding hydrogens is 451 g/mol. The summed E-state index contributed by atoms with van der Waals surface area (Å²) in [6.07, 6.45) is 1.36. The Bertz CT molecular complexity index is 1000. The predicted octanol–water partition coefficient (Wildman–Crippen LogP) is 4.32. The number of thioether (sulfide) groups is 1. The van der Waals surface area contributed by atoms with Crippen molar-refractivity contribution in [1.82, 2.24) is 14.8 Å². The number of halogens is 3. The number of benzene rings is 1. The molecule has 3 aromatic rings. The molecule has 0 radical (unpaired) electrons. The number of alkyl halides is 3. The van der Waals surface area contributed by atoms with Crippen molar-refractivity contribution in [2.24, 2.45) is 11.5 Å². The van der Waals surface area contributed by atoms with Gasteiger partial charge in [-0.3, -0.25) is 9.67 Å². The molecule has 2 heterocycles. The molecule has 178 valence electrons. The van der Waals surface area contributed by atoms with Gasteiger partial charge in [-0.05, 0) is 55.4 Å². The third-order valence-corrected chi connectivity index (χ3v) is 5.34. The van der Waals surface area contributed by atoms with E-state index in [0.29, 0.717) is 18.7 Å². The van der Waals surface area contributed by atoms with Crippen LogP contribution < -0.4 is 11.5 Å². The molecule has 6 nitrogen and oxygen atoms in total. The number of allylic oxidation sites excluding steroid dienone is 1. The Hall–Kier alpha value is -3.11. The maximum Gasteiger partial charge on any atom is 0.416 e. The molecule has 0 aliphatic heterocycles. The van der Waals surface area contributed by atoms with Crippen LogP contribution in [-0.4, -0.2) is 28.6 Å². The van der Waals surface area contributed by atoms with Crippen LogP contribution in [0.15, 0.2) is 66.0 Å². The molecule has 0 saturated carbocycles. The number of nitrogens with two attached hydrogens (primary N) is 2. The van der Waals surface area contributed by atoms with Crippen LogP contribution in [0.2, 0.25) is 0 Å². The van der Waals surface area contributed by atoms with Gasteiger partial charge in [0.1, 0.15) is 6.79 Å². The minimum absolute atomic E-state index is 0.482. The van der Waals surface area contributed by atoms with Crippen molar-refractivity contribution < 1.29 is 18.0 Å². The minimum Gasteiger partial charge on any atom is -0.404 e. The fraction of sp³-hybridized carbons (Fsp3) is 0.261. The molecule has 0 atom stereocenters. The molecule has 0 spiro atoms. The van der Waals surface area contributed by atoms with Gasteiger partial charge in [0.15, 0.2) is 0 Å². The standard InChI is InChI=1S/C21H21F3N4S.CH5N.CH2O/c1-15-10-17(6-8-26-15)13-28-9-7-19(27-28)14-29-20(12-25)11-16-2-4-18(5-3-16)21(22,23)24;2*1-2/h2-10,12H,11,13-14,25H2,1H3;2H2,1H3;1H2/b20-12-;;. The highest BCUT2D eigenvalue weighted by molar-refractivity contribution is 8.02. The van der Waals surface area contributed by atoms with E-state index in [4.69, 9.17) is 10.5 Å². The van der Waals surface area contributed by atoms with Gasteiger partial charge in [0, 0.05) is 41.4 Å². The predicted molar refractivity (Wildman–Crippen MR) is 126 cm³/mol. The van der Waals surface area contributed by atoms with Crippen molar-refractivity contribution in [2.75, 3.05) is 7.05 Å². The summed E-state index contributed by atoms with van der Waals surface area (Å²) < 4.78 is 39.9. The van der Waals surface area contributed by atoms with E-state index in [0.717, 1.165) is 39.6 Å². The summed E-state index contributed by atoms with van der Waals surface area (Å²) in [7, 11) is 1.50. The summed E-state index contributed by atoms with van der Waals surface area (Å²) in [6, 6.07) is 11.1. The minimum atomic E-state index is -4.33. The van der Waals surface area contributed by atoms with Gasteiger partial charge in [0.05, 0.1) is 17.8 Å². The summed E-state index contributed by atoms with van der Waals surface area (Å²) in [5, 5.41) is 4.57. The van der Waals surface area contributed by atoms with Gasteiger partial charge >= 0.3 is 6.18 Å². The van der Waals surface area contributed by atoms with Crippen molar-refractivity contribution in [2.45, 2.75) is 31.8 Å². The lowest BCUT2D eigenvalue weighted by Gasteiger charge is -2.09. The number of hydrogen-bond donors (Lipinski definition) is 2. The fourth-order valence-corrected chi connectivity index (χ4v) is 3.65. The number of aromatic nitrogens is 3. The van der Waals surface area contributed by atoms with Crippen LogP contribution in [0.4, 0.5) is 13.2 Å². The van der Waals surface area contributed by atoms with E-state index in [1.807, 2.05) is 42.8 Å². The number of aryl methyl sites for hydroxylation is 1. The number of pyridine rings is 1. The first-order valence-electron chi connectivity index (χ1n) is 9.83. The highest BCUT2D eigenvalue weighted by atomic mass is 32.2. The maximum absolute atomic E-state index is 12.7. The van der Waals surface area contributed by atoms with Gasteiger partial charge in [0.25, 0.3) is 0 Å². The third-order valence-electron chi connectivity index (χ3n) is 4.25. The highest BCUT2D eigenvalue weighted by Crippen LogP contribution is 2.30. The van der Waals surface area contributed by atoms with Gasteiger partial charge in [-0.15, -0.1) is 11.8 Å². The molecule has 0 aliphatic carbocycles. The number of hydrogen-bond acceptors (Lipinski definition) is 6. The van der Waals surface area contributed by atoms with E-state index in [-0.39, 0.29) is 0 Å². The molecule has 4 N–H and O–H groups in total. The molecule has 0 aliphatic rings. The van der Waals surface area contributed by atoms with E-state index in [1.54, 1.807) is 6.20 Å². The Labute approximate surface area is 195 Å². The molecule has 3 rings (SSSR count). The molecule has 0 unspecified atom stereocenters. The molecule has 1 aromatic carbocycles. The van der Waals surface area contributed by atoms with Crippen LogP contribution in [-0.2, 0) is 29.7 Å². The summed E-state index contributed by atoms with van der Waals surface area (Å²) >= 11 is 1.53. The van der Waals surface area contributed by atoms with Crippen LogP contribution in [0.3, 0.4) is 0 Å². The molecule has 0 bridgehead atoms. The maximum atomic E-state index is 12.7. The third kappa shape index (κ3) is 9.50. The molecule has 2 aromatic heterocycles. The summed E-state index contributed by atoms with van der Waals surface area (Å²) in [5.74, 6) is 0.631. The zero-order chi connectivity index (χ0) is 24.9. The molecular formula is C23H28F3N5OS. The zero-order valence-corrected chi connectivity index (χ0v) is 19.4. The number of rotatable bonds is 7. The van der Waals surface area contributed by atoms with Gasteiger partial charge < -0.3 is 16.3 Å². The second-order valence-electron chi connectivity index (χ2n) is 6.60. The first kappa shape index (κ1) is 27.9. The van der Waals surface area contributed by atoms with Crippen molar-refractivity contribution in [3.8, 4) is 0 Å². The smallest absolute Gasteiger partial charge is 0.404 e. The Morgan fingerprint density at radius 3 is 2.36 bits per heavy atom. The normalized spacial score (nSPS) is 11.2. The lowest BCUT2D eigenvalue weighted by atomic mass is 10.1. The molecule has 33 heavy (non-hydrogen) atoms. The van der Waals surface area contributed by atoms with E-state index >= 15 is 0 Å². The van der Waals surface area contributed by atoms with Crippen LogP contribution in [0, 0.1) is 6.92 Å². The molecule has 0 fully saturated rings. The largest absolute Gasteiger partial charge is 0.416 e. The van der Waals surface area contributed by atoms with Gasteiger partial charge in [-0.25, -0.2) is 0 Å². The van der Waals surface area contributed by atoms with Crippen molar-refractivity contribution in [3.05, 3.63) is 94.0 Å². The first-order valence-corrected chi connectivity index (χ1v) is 10.8. The summed E-state index contributed by atoms with van der Waals surface area (Å²) in [6.45, 7) is 4.62. The topological polar surface area (TPSA) is 99.8 Å². The first-order chi connectivity index (χ1) is 15.8. The van der Waals surface area contributed by atoms with E-state index in [1.165, 1.54) is 37.1 Å². The van der Waals surface area contributed by atoms with Gasteiger partial charge in [-0.2, -0.15) is 18.3 Å². The Balaban J connectivity index is 0.00000129. The van der Waals surface area contributed by atoms with Crippen molar-refractivity contribution in [3.63, 3.8) is 0 Å². The quantitative estimate of drug-likeness (QED) is 0.524. The van der Waals surface area contributed by atoms with Crippen LogP contribution in [0.25, 0.3) is 0 Å². The monoisotopic (exact) mass is 479 g/mol. The Kier molecular flexibility index (Phi) is 12.0. The summed E-state index contributed by atoms with van der Waals surface area (Å²) in [4.78, 5) is 13.1. The van der Waals surface area contributed by atoms with Crippen molar-refractivity contribution in [1.29, 1.82) is 0 Å². The average molecular weight is 480 g/mol. The SMILES string of the molecule is C=O.CN.Cc1cc(Cn2ccc(CS/C(=C\N)Cc3ccc(C(F)(F)F)cc3)n2)ccn1. The van der Waals surface area contributed by atoms with Crippen molar-refractivity contribution >= 4 is 18.6 Å². The van der Waals surface area contributed by atoms with E-state index in [9.17, 15) is 13.2 Å². The highest BCUT2D eigenvalue weighted by Gasteiger charge is 2.29. The fourth-order valence-electron chi connectivity index (χ4n) is 2.80. The van der Waals surface area contributed by atoms with Crippen LogP contribution >= 0.6 is 11.8 Å². The van der Waals surface area contributed by atoms with Crippen LogP contribution in [0.5, 0.6) is 0 Å². The van der Waals surface area contributed by atoms with Crippen LogP contribution in [0.1, 0.15) is 28.1 Å². The molecule has 10 heteroatoms. The Morgan fingerprint density at radius 1 is 1.12 bits per heavy atom. The second kappa shape index (κ2) is 14.1. The van der Waals surface area contributed by atoms with Gasteiger partial charge in [0.2, 0.25) is 0 Å². The zero-order valence-electron chi connectivity index (χ0n) is 18.5. The summed E-state index contributed by atoms with van der Waals surface area (Å²) in [5.41, 5.74) is 13.3. The lowest BCUT2D eigenvalue weighted by Crippen LogP contribution is -2.04. The molecule has 0 amide bonds. The number of nitrogens with zero attached hydrogens (tertiary/aromatic N) is 3. The number of carbonyl (C=O) groups is 1.